The quantitative estimate of drug-likeness (QED) is 0.873. The average molecular weight is 257 g/mol. The number of carbonyl (C=O) groups excluding carboxylic acids is 1. The van der Waals surface area contributed by atoms with Crippen LogP contribution >= 0.6 is 0 Å². The zero-order chi connectivity index (χ0) is 13.8. The average Bonchev–Trinajstić information content (AvgIpc) is 2.39. The Kier molecular flexibility index (Phi) is 3.51. The Morgan fingerprint density at radius 2 is 2.00 bits per heavy atom. The molecule has 2 aromatic rings. The van der Waals surface area contributed by atoms with E-state index in [2.05, 4.69) is 15.3 Å². The van der Waals surface area contributed by atoms with Gasteiger partial charge in [0.15, 0.2) is 0 Å². The summed E-state index contributed by atoms with van der Waals surface area (Å²) in [5.41, 5.74) is 1.59. The largest absolute Gasteiger partial charge is 0.478 e. The molecule has 96 valence electrons. The Labute approximate surface area is 109 Å². The molecule has 6 nitrogen and oxygen atoms in total. The van der Waals surface area contributed by atoms with E-state index in [-0.39, 0.29) is 11.3 Å². The summed E-state index contributed by atoms with van der Waals surface area (Å²) in [5.74, 6) is -1.48. The standard InChI is InChI=1S/C13H11N3O3/c1-8-6-10(4-5-14-8)16-12(17)11-3-2-9(7-15-11)13(18)19/h2-7H,1H3,(H,18,19)(H,14,16,17). The summed E-state index contributed by atoms with van der Waals surface area (Å²) in [6.45, 7) is 1.82. The van der Waals surface area contributed by atoms with E-state index >= 15 is 0 Å². The lowest BCUT2D eigenvalue weighted by Crippen LogP contribution is -2.14. The van der Waals surface area contributed by atoms with Gasteiger partial charge >= 0.3 is 5.97 Å². The van der Waals surface area contributed by atoms with E-state index in [0.29, 0.717) is 5.69 Å². The molecule has 2 N–H and O–H groups in total. The molecule has 6 heteroatoms. The summed E-state index contributed by atoms with van der Waals surface area (Å²) in [6.07, 6.45) is 2.74. The molecule has 0 aliphatic heterocycles. The molecular weight excluding hydrogens is 246 g/mol. The van der Waals surface area contributed by atoms with E-state index in [1.54, 1.807) is 18.3 Å². The molecule has 0 spiro atoms. The molecule has 0 fully saturated rings. The molecule has 2 aromatic heterocycles. The van der Waals surface area contributed by atoms with Crippen LogP contribution in [0.5, 0.6) is 0 Å². The van der Waals surface area contributed by atoms with Crippen LogP contribution in [0.4, 0.5) is 5.69 Å². The van der Waals surface area contributed by atoms with Crippen molar-refractivity contribution in [2.45, 2.75) is 6.92 Å². The maximum absolute atomic E-state index is 11.9. The molecule has 0 unspecified atom stereocenters. The number of nitrogens with one attached hydrogen (secondary N) is 1. The number of aryl methyl sites for hydroxylation is 1. The van der Waals surface area contributed by atoms with E-state index in [9.17, 15) is 9.59 Å². The summed E-state index contributed by atoms with van der Waals surface area (Å²) in [5, 5.41) is 11.4. The molecule has 0 aromatic carbocycles. The van der Waals surface area contributed by atoms with Crippen LogP contribution in [0.15, 0.2) is 36.7 Å². The lowest BCUT2D eigenvalue weighted by molar-refractivity contribution is 0.0696. The molecule has 0 atom stereocenters. The number of nitrogens with zero attached hydrogens (tertiary/aromatic N) is 2. The number of hydrogen-bond acceptors (Lipinski definition) is 4. The van der Waals surface area contributed by atoms with Crippen molar-refractivity contribution in [1.82, 2.24) is 9.97 Å². The van der Waals surface area contributed by atoms with Crippen molar-refractivity contribution in [3.05, 3.63) is 53.6 Å². The first-order valence-corrected chi connectivity index (χ1v) is 5.49. The van der Waals surface area contributed by atoms with Crippen molar-refractivity contribution in [2.24, 2.45) is 0 Å². The third-order valence-electron chi connectivity index (χ3n) is 2.40. The topological polar surface area (TPSA) is 92.2 Å². The van der Waals surface area contributed by atoms with Gasteiger partial charge in [0.05, 0.1) is 5.56 Å². The minimum atomic E-state index is -1.08. The highest BCUT2D eigenvalue weighted by molar-refractivity contribution is 6.03. The second-order valence-electron chi connectivity index (χ2n) is 3.88. The number of carboxylic acid groups (broad SMARTS) is 1. The first-order chi connectivity index (χ1) is 9.06. The number of carbonyl (C=O) groups is 2. The summed E-state index contributed by atoms with van der Waals surface area (Å²) in [6, 6.07) is 6.09. The zero-order valence-corrected chi connectivity index (χ0v) is 10.1. The van der Waals surface area contributed by atoms with Crippen molar-refractivity contribution in [2.75, 3.05) is 5.32 Å². The zero-order valence-electron chi connectivity index (χ0n) is 10.1. The van der Waals surface area contributed by atoms with Crippen LogP contribution in [0.3, 0.4) is 0 Å². The number of aromatic carboxylic acids is 1. The Hall–Kier alpha value is -2.76. The molecule has 1 amide bonds. The molecular formula is C13H11N3O3. The fraction of sp³-hybridized carbons (Fsp3) is 0.0769. The van der Waals surface area contributed by atoms with Gasteiger partial charge in [-0.25, -0.2) is 4.79 Å². The van der Waals surface area contributed by atoms with Crippen LogP contribution in [0, 0.1) is 6.92 Å². The molecule has 19 heavy (non-hydrogen) atoms. The summed E-state index contributed by atoms with van der Waals surface area (Å²) >= 11 is 0. The molecule has 0 radical (unpaired) electrons. The molecule has 0 saturated heterocycles. The Bertz CT molecular complexity index is 623. The molecule has 2 rings (SSSR count). The van der Waals surface area contributed by atoms with E-state index in [4.69, 9.17) is 5.11 Å². The van der Waals surface area contributed by atoms with Gasteiger partial charge in [-0.15, -0.1) is 0 Å². The van der Waals surface area contributed by atoms with Gasteiger partial charge in [-0.2, -0.15) is 0 Å². The number of aromatic nitrogens is 2. The summed E-state index contributed by atoms with van der Waals surface area (Å²) in [4.78, 5) is 30.4. The van der Waals surface area contributed by atoms with Gasteiger partial charge in [0, 0.05) is 23.8 Å². The maximum atomic E-state index is 11.9. The molecule has 0 bridgehead atoms. The lowest BCUT2D eigenvalue weighted by atomic mass is 10.2. The summed E-state index contributed by atoms with van der Waals surface area (Å²) in [7, 11) is 0. The van der Waals surface area contributed by atoms with E-state index in [0.717, 1.165) is 11.9 Å². The smallest absolute Gasteiger partial charge is 0.337 e. The third-order valence-corrected chi connectivity index (χ3v) is 2.40. The van der Waals surface area contributed by atoms with Gasteiger partial charge in [0.2, 0.25) is 0 Å². The van der Waals surface area contributed by atoms with Crippen molar-refractivity contribution >= 4 is 17.6 Å². The highest BCUT2D eigenvalue weighted by atomic mass is 16.4. The highest BCUT2D eigenvalue weighted by Crippen LogP contribution is 2.09. The highest BCUT2D eigenvalue weighted by Gasteiger charge is 2.09. The Balaban J connectivity index is 2.14. The van der Waals surface area contributed by atoms with Crippen LogP contribution < -0.4 is 5.32 Å². The Morgan fingerprint density at radius 3 is 2.58 bits per heavy atom. The predicted molar refractivity (Wildman–Crippen MR) is 68.1 cm³/mol. The van der Waals surface area contributed by atoms with Gasteiger partial charge in [0.25, 0.3) is 5.91 Å². The molecule has 0 saturated carbocycles. The second kappa shape index (κ2) is 5.26. The predicted octanol–water partition coefficient (Wildman–Crippen LogP) is 1.74. The van der Waals surface area contributed by atoms with E-state index in [1.165, 1.54) is 12.1 Å². The summed E-state index contributed by atoms with van der Waals surface area (Å²) < 4.78 is 0. The monoisotopic (exact) mass is 257 g/mol. The van der Waals surface area contributed by atoms with Crippen molar-refractivity contribution < 1.29 is 14.7 Å². The maximum Gasteiger partial charge on any atom is 0.337 e. The van der Waals surface area contributed by atoms with Crippen LogP contribution in [0.2, 0.25) is 0 Å². The van der Waals surface area contributed by atoms with Gasteiger partial charge in [-0.05, 0) is 31.2 Å². The van der Waals surface area contributed by atoms with Gasteiger partial charge in [0.1, 0.15) is 5.69 Å². The number of amides is 1. The minimum absolute atomic E-state index is 0.0382. The fourth-order valence-electron chi connectivity index (χ4n) is 1.47. The second-order valence-corrected chi connectivity index (χ2v) is 3.88. The van der Waals surface area contributed by atoms with Gasteiger partial charge in [-0.3, -0.25) is 14.8 Å². The number of carboxylic acids is 1. The minimum Gasteiger partial charge on any atom is -0.478 e. The van der Waals surface area contributed by atoms with Crippen LogP contribution in [-0.4, -0.2) is 27.0 Å². The third kappa shape index (κ3) is 3.12. The number of hydrogen-bond donors (Lipinski definition) is 2. The first-order valence-electron chi connectivity index (χ1n) is 5.49. The molecule has 2 heterocycles. The molecule has 0 aliphatic carbocycles. The number of rotatable bonds is 3. The first kappa shape index (κ1) is 12.7. The van der Waals surface area contributed by atoms with E-state index in [1.807, 2.05) is 6.92 Å². The SMILES string of the molecule is Cc1cc(NC(=O)c2ccc(C(=O)O)cn2)ccn1. The lowest BCUT2D eigenvalue weighted by Gasteiger charge is -2.05. The Morgan fingerprint density at radius 1 is 1.21 bits per heavy atom. The van der Waals surface area contributed by atoms with E-state index < -0.39 is 11.9 Å². The van der Waals surface area contributed by atoms with Gasteiger partial charge in [-0.1, -0.05) is 0 Å². The van der Waals surface area contributed by atoms with Crippen molar-refractivity contribution in [3.8, 4) is 0 Å². The van der Waals surface area contributed by atoms with Crippen molar-refractivity contribution in [1.29, 1.82) is 0 Å². The fourth-order valence-corrected chi connectivity index (χ4v) is 1.47. The number of anilines is 1. The van der Waals surface area contributed by atoms with Crippen LogP contribution in [0.25, 0.3) is 0 Å². The van der Waals surface area contributed by atoms with Crippen molar-refractivity contribution in [3.63, 3.8) is 0 Å². The molecule has 0 aliphatic rings. The number of pyridine rings is 2. The van der Waals surface area contributed by atoms with Crippen LogP contribution in [-0.2, 0) is 0 Å². The van der Waals surface area contributed by atoms with Gasteiger partial charge < -0.3 is 10.4 Å². The normalized spacial score (nSPS) is 9.95. The van der Waals surface area contributed by atoms with Crippen LogP contribution in [0.1, 0.15) is 26.5 Å².